The van der Waals surface area contributed by atoms with E-state index in [1.54, 1.807) is 42.6 Å². The molecule has 0 saturated heterocycles. The van der Waals surface area contributed by atoms with E-state index in [9.17, 15) is 9.59 Å². The molecular weight excluding hydrogens is 555 g/mol. The summed E-state index contributed by atoms with van der Waals surface area (Å²) in [6, 6.07) is 21.2. The zero-order valence-electron chi connectivity index (χ0n) is 21.1. The third-order valence-corrected chi connectivity index (χ3v) is 6.96. The van der Waals surface area contributed by atoms with E-state index >= 15 is 0 Å². The number of halogens is 2. The van der Waals surface area contributed by atoms with Gasteiger partial charge in [0.1, 0.15) is 23.4 Å². The molecule has 1 amide bonds. The number of carbonyl (C=O) groups excluding carboxylic acids is 1. The molecule has 0 radical (unpaired) electrons. The largest absolute Gasteiger partial charge is 0.506 e. The molecule has 0 aliphatic carbocycles. The van der Waals surface area contributed by atoms with Crippen LogP contribution < -0.4 is 14.8 Å². The van der Waals surface area contributed by atoms with Crippen molar-refractivity contribution in [1.82, 2.24) is 10.3 Å². The number of fused-ring (bicyclic) bond motifs is 1. The van der Waals surface area contributed by atoms with E-state index in [0.717, 1.165) is 16.8 Å². The van der Waals surface area contributed by atoms with E-state index in [0.29, 0.717) is 59.4 Å². The SMILES string of the molecule is O=C(O)OC1CCOc2cc(Oc3ccc(C(=O)NCCc4cccnc4-c4ccccc4Cl)cc3)c(Cl)cc21. The first-order valence-corrected chi connectivity index (χ1v) is 13.3. The predicted molar refractivity (Wildman–Crippen MR) is 151 cm³/mol. The maximum atomic E-state index is 12.8. The van der Waals surface area contributed by atoms with Crippen molar-refractivity contribution in [3.05, 3.63) is 106 Å². The van der Waals surface area contributed by atoms with Crippen molar-refractivity contribution in [3.8, 4) is 28.5 Å². The zero-order valence-corrected chi connectivity index (χ0v) is 22.6. The first-order chi connectivity index (χ1) is 19.4. The molecule has 1 unspecified atom stereocenters. The number of carbonyl (C=O) groups is 2. The molecule has 2 heterocycles. The summed E-state index contributed by atoms with van der Waals surface area (Å²) in [4.78, 5) is 28.2. The number of ether oxygens (including phenoxy) is 3. The van der Waals surface area contributed by atoms with Crippen molar-refractivity contribution < 1.29 is 28.9 Å². The molecule has 0 bridgehead atoms. The summed E-state index contributed by atoms with van der Waals surface area (Å²) in [5.74, 6) is 1.02. The van der Waals surface area contributed by atoms with Crippen molar-refractivity contribution in [2.24, 2.45) is 0 Å². The van der Waals surface area contributed by atoms with Crippen molar-refractivity contribution in [1.29, 1.82) is 0 Å². The summed E-state index contributed by atoms with van der Waals surface area (Å²) in [6.07, 6.45) is 0.672. The van der Waals surface area contributed by atoms with Gasteiger partial charge in [0.05, 0.1) is 17.3 Å². The molecule has 0 spiro atoms. The van der Waals surface area contributed by atoms with E-state index in [-0.39, 0.29) is 10.9 Å². The van der Waals surface area contributed by atoms with Crippen LogP contribution in [0.5, 0.6) is 17.2 Å². The normalized spacial score (nSPS) is 14.0. The Morgan fingerprint density at radius 3 is 2.60 bits per heavy atom. The average Bonchev–Trinajstić information content (AvgIpc) is 2.95. The topological polar surface area (TPSA) is 107 Å². The summed E-state index contributed by atoms with van der Waals surface area (Å²) in [6.45, 7) is 0.718. The fraction of sp³-hybridized carbons (Fsp3) is 0.167. The minimum absolute atomic E-state index is 0.223. The van der Waals surface area contributed by atoms with Gasteiger partial charge in [-0.25, -0.2) is 4.79 Å². The molecule has 1 aromatic heterocycles. The molecule has 1 aliphatic heterocycles. The minimum Gasteiger partial charge on any atom is -0.493 e. The Labute approximate surface area is 240 Å². The molecule has 204 valence electrons. The van der Waals surface area contributed by atoms with Gasteiger partial charge in [-0.3, -0.25) is 9.78 Å². The van der Waals surface area contributed by atoms with Gasteiger partial charge in [0.25, 0.3) is 5.91 Å². The van der Waals surface area contributed by atoms with Gasteiger partial charge in [0, 0.05) is 46.9 Å². The Hall–Kier alpha value is -4.27. The number of hydrogen-bond donors (Lipinski definition) is 2. The van der Waals surface area contributed by atoms with E-state index in [2.05, 4.69) is 10.3 Å². The standard InChI is InChI=1S/C30H24Cl2N2O6/c31-23-6-2-1-5-21(23)28-18(4-3-13-33-28)11-14-34-29(35)19-7-9-20(10-8-19)39-27-17-26-22(16-24(27)32)25(12-15-38-26)40-30(36)37/h1-10,13,16-17,25H,11-12,14-15H2,(H,34,35)(H,36,37). The summed E-state index contributed by atoms with van der Waals surface area (Å²) in [5.41, 5.74) is 3.63. The highest BCUT2D eigenvalue weighted by Crippen LogP contribution is 2.42. The maximum Gasteiger partial charge on any atom is 0.506 e. The van der Waals surface area contributed by atoms with Crippen molar-refractivity contribution >= 4 is 35.3 Å². The number of rotatable bonds is 8. The van der Waals surface area contributed by atoms with Gasteiger partial charge in [0.15, 0.2) is 0 Å². The molecule has 1 atom stereocenters. The van der Waals surface area contributed by atoms with Gasteiger partial charge >= 0.3 is 6.16 Å². The number of benzene rings is 3. The van der Waals surface area contributed by atoms with Crippen LogP contribution in [0.25, 0.3) is 11.3 Å². The second-order valence-corrected chi connectivity index (χ2v) is 9.77. The number of hydrogen-bond acceptors (Lipinski definition) is 6. The Bertz CT molecular complexity index is 1540. The molecule has 0 saturated carbocycles. The van der Waals surface area contributed by atoms with Crippen LogP contribution in [0, 0.1) is 0 Å². The summed E-state index contributed by atoms with van der Waals surface area (Å²) in [7, 11) is 0. The first-order valence-electron chi connectivity index (χ1n) is 12.5. The lowest BCUT2D eigenvalue weighted by atomic mass is 10.0. The van der Waals surface area contributed by atoms with Crippen LogP contribution in [-0.4, -0.2) is 35.3 Å². The second-order valence-electron chi connectivity index (χ2n) is 8.95. The van der Waals surface area contributed by atoms with Crippen LogP contribution in [0.3, 0.4) is 0 Å². The predicted octanol–water partition coefficient (Wildman–Crippen LogP) is 7.34. The Morgan fingerprint density at radius 1 is 1.02 bits per heavy atom. The van der Waals surface area contributed by atoms with Gasteiger partial charge in [-0.15, -0.1) is 0 Å². The number of carboxylic acid groups (broad SMARTS) is 1. The number of nitrogens with one attached hydrogen (secondary N) is 1. The monoisotopic (exact) mass is 578 g/mol. The summed E-state index contributed by atoms with van der Waals surface area (Å²) >= 11 is 12.8. The fourth-order valence-corrected chi connectivity index (χ4v) is 4.87. The van der Waals surface area contributed by atoms with Crippen LogP contribution in [0.2, 0.25) is 10.0 Å². The quantitative estimate of drug-likeness (QED) is 0.210. The van der Waals surface area contributed by atoms with Gasteiger partial charge in [0.2, 0.25) is 0 Å². The lowest BCUT2D eigenvalue weighted by Crippen LogP contribution is -2.25. The zero-order chi connectivity index (χ0) is 28.1. The molecule has 2 N–H and O–H groups in total. The molecule has 3 aromatic carbocycles. The molecule has 8 nitrogen and oxygen atoms in total. The summed E-state index contributed by atoms with van der Waals surface area (Å²) < 4.78 is 16.5. The molecule has 0 fully saturated rings. The lowest BCUT2D eigenvalue weighted by Gasteiger charge is -2.25. The maximum absolute atomic E-state index is 12.8. The van der Waals surface area contributed by atoms with Crippen molar-refractivity contribution in [2.75, 3.05) is 13.2 Å². The Balaban J connectivity index is 1.20. The third-order valence-electron chi connectivity index (χ3n) is 6.34. The number of amides is 1. The summed E-state index contributed by atoms with van der Waals surface area (Å²) in [5, 5.41) is 12.8. The van der Waals surface area contributed by atoms with Crippen LogP contribution in [0.4, 0.5) is 4.79 Å². The molecule has 5 rings (SSSR count). The first kappa shape index (κ1) is 27.3. The molecule has 40 heavy (non-hydrogen) atoms. The van der Waals surface area contributed by atoms with E-state index in [4.69, 9.17) is 42.5 Å². The van der Waals surface area contributed by atoms with Gasteiger partial charge in [-0.2, -0.15) is 0 Å². The smallest absolute Gasteiger partial charge is 0.493 e. The van der Waals surface area contributed by atoms with E-state index in [1.165, 1.54) is 0 Å². The number of aromatic nitrogens is 1. The van der Waals surface area contributed by atoms with Crippen LogP contribution in [0.15, 0.2) is 79.0 Å². The van der Waals surface area contributed by atoms with Crippen LogP contribution >= 0.6 is 23.2 Å². The third kappa shape index (κ3) is 6.30. The Morgan fingerprint density at radius 2 is 1.82 bits per heavy atom. The fourth-order valence-electron chi connectivity index (χ4n) is 4.43. The highest BCUT2D eigenvalue weighted by molar-refractivity contribution is 6.33. The molecular formula is C30H24Cl2N2O6. The van der Waals surface area contributed by atoms with Crippen LogP contribution in [-0.2, 0) is 11.2 Å². The van der Waals surface area contributed by atoms with E-state index in [1.807, 2.05) is 36.4 Å². The second kappa shape index (κ2) is 12.3. The van der Waals surface area contributed by atoms with E-state index < -0.39 is 12.3 Å². The van der Waals surface area contributed by atoms with Gasteiger partial charge < -0.3 is 24.6 Å². The van der Waals surface area contributed by atoms with Crippen molar-refractivity contribution in [3.63, 3.8) is 0 Å². The highest BCUT2D eigenvalue weighted by Gasteiger charge is 2.27. The highest BCUT2D eigenvalue weighted by atomic mass is 35.5. The minimum atomic E-state index is -1.36. The number of pyridine rings is 1. The molecule has 10 heteroatoms. The lowest BCUT2D eigenvalue weighted by molar-refractivity contribution is 0.0326. The van der Waals surface area contributed by atoms with Crippen molar-refractivity contribution in [2.45, 2.75) is 18.9 Å². The van der Waals surface area contributed by atoms with Gasteiger partial charge in [-0.1, -0.05) is 47.5 Å². The van der Waals surface area contributed by atoms with Crippen LogP contribution in [0.1, 0.15) is 34.0 Å². The Kier molecular flexibility index (Phi) is 8.38. The average molecular weight is 579 g/mol. The van der Waals surface area contributed by atoms with Gasteiger partial charge in [-0.05, 0) is 54.4 Å². The number of nitrogens with zero attached hydrogens (tertiary/aromatic N) is 1. The molecule has 4 aromatic rings. The molecule has 1 aliphatic rings.